The molecule has 0 saturated carbocycles. The highest BCUT2D eigenvalue weighted by molar-refractivity contribution is 5.87. The first-order valence-corrected chi connectivity index (χ1v) is 7.73. The summed E-state index contributed by atoms with van der Waals surface area (Å²) in [7, 11) is 2.08. The van der Waals surface area contributed by atoms with E-state index in [0.717, 1.165) is 16.9 Å². The van der Waals surface area contributed by atoms with Crippen LogP contribution in [0.5, 0.6) is 0 Å². The monoisotopic (exact) mass is 302 g/mol. The van der Waals surface area contributed by atoms with Crippen molar-refractivity contribution >= 4 is 27.6 Å². The van der Waals surface area contributed by atoms with Crippen LogP contribution in [0.3, 0.4) is 0 Å². The number of aromatic amines is 1. The SMILES string of the molecule is CC(c1ccc2ccccc2c1)N(C)c1ncnc2[nH]ccc12. The molecule has 2 aromatic carbocycles. The van der Waals surface area contributed by atoms with E-state index >= 15 is 0 Å². The molecule has 2 heterocycles. The van der Waals surface area contributed by atoms with Crippen LogP contribution in [0.4, 0.5) is 5.82 Å². The predicted molar refractivity (Wildman–Crippen MR) is 94.7 cm³/mol. The van der Waals surface area contributed by atoms with Crippen LogP contribution in [-0.4, -0.2) is 22.0 Å². The van der Waals surface area contributed by atoms with Gasteiger partial charge in [-0.3, -0.25) is 0 Å². The highest BCUT2D eigenvalue weighted by Gasteiger charge is 2.16. The predicted octanol–water partition coefficient (Wildman–Crippen LogP) is 4.31. The third-order valence-electron chi connectivity index (χ3n) is 4.50. The van der Waals surface area contributed by atoms with Crippen molar-refractivity contribution in [3.63, 3.8) is 0 Å². The van der Waals surface area contributed by atoms with Crippen LogP contribution in [0.15, 0.2) is 61.1 Å². The highest BCUT2D eigenvalue weighted by atomic mass is 15.2. The number of fused-ring (bicyclic) bond motifs is 2. The first kappa shape index (κ1) is 13.8. The number of nitrogens with zero attached hydrogens (tertiary/aromatic N) is 3. The summed E-state index contributed by atoms with van der Waals surface area (Å²) < 4.78 is 0. The molecule has 0 radical (unpaired) electrons. The lowest BCUT2D eigenvalue weighted by molar-refractivity contribution is 0.732. The molecule has 23 heavy (non-hydrogen) atoms. The Labute approximate surface area is 134 Å². The van der Waals surface area contributed by atoms with Crippen LogP contribution in [-0.2, 0) is 0 Å². The molecular weight excluding hydrogens is 284 g/mol. The topological polar surface area (TPSA) is 44.8 Å². The van der Waals surface area contributed by atoms with Gasteiger partial charge in [0.2, 0.25) is 0 Å². The number of nitrogens with one attached hydrogen (secondary N) is 1. The second kappa shape index (κ2) is 5.39. The maximum Gasteiger partial charge on any atom is 0.142 e. The summed E-state index contributed by atoms with van der Waals surface area (Å²) >= 11 is 0. The van der Waals surface area contributed by atoms with Gasteiger partial charge in [0.15, 0.2) is 0 Å². The smallest absolute Gasteiger partial charge is 0.142 e. The summed E-state index contributed by atoms with van der Waals surface area (Å²) in [6.07, 6.45) is 3.51. The van der Waals surface area contributed by atoms with E-state index in [9.17, 15) is 0 Å². The van der Waals surface area contributed by atoms with Crippen LogP contribution >= 0.6 is 0 Å². The highest BCUT2D eigenvalue weighted by Crippen LogP contribution is 2.30. The fraction of sp³-hybridized carbons (Fsp3) is 0.158. The quantitative estimate of drug-likeness (QED) is 0.613. The molecule has 2 aromatic heterocycles. The zero-order valence-electron chi connectivity index (χ0n) is 13.2. The van der Waals surface area contributed by atoms with Crippen molar-refractivity contribution in [3.8, 4) is 0 Å². The molecule has 0 fully saturated rings. The van der Waals surface area contributed by atoms with Crippen molar-refractivity contribution in [1.29, 1.82) is 0 Å². The van der Waals surface area contributed by atoms with E-state index in [1.807, 2.05) is 12.3 Å². The molecule has 0 amide bonds. The van der Waals surface area contributed by atoms with Gasteiger partial charge in [-0.05, 0) is 35.4 Å². The number of benzene rings is 2. The first-order chi connectivity index (χ1) is 11.2. The van der Waals surface area contributed by atoms with E-state index in [2.05, 4.69) is 76.3 Å². The number of H-pyrrole nitrogens is 1. The number of hydrogen-bond acceptors (Lipinski definition) is 3. The first-order valence-electron chi connectivity index (χ1n) is 7.73. The minimum absolute atomic E-state index is 0.215. The molecule has 0 aliphatic carbocycles. The zero-order chi connectivity index (χ0) is 15.8. The second-order valence-electron chi connectivity index (χ2n) is 5.83. The molecule has 0 saturated heterocycles. The average molecular weight is 302 g/mol. The lowest BCUT2D eigenvalue weighted by Gasteiger charge is -2.27. The Balaban J connectivity index is 1.74. The summed E-state index contributed by atoms with van der Waals surface area (Å²) in [6.45, 7) is 2.20. The van der Waals surface area contributed by atoms with E-state index in [0.29, 0.717) is 0 Å². The molecule has 4 nitrogen and oxygen atoms in total. The number of rotatable bonds is 3. The fourth-order valence-corrected chi connectivity index (χ4v) is 3.01. The second-order valence-corrected chi connectivity index (χ2v) is 5.83. The summed E-state index contributed by atoms with van der Waals surface area (Å²) in [5.41, 5.74) is 2.14. The summed E-state index contributed by atoms with van der Waals surface area (Å²) in [4.78, 5) is 14.1. The Morgan fingerprint density at radius 2 is 1.83 bits per heavy atom. The van der Waals surface area contributed by atoms with Crippen molar-refractivity contribution in [2.24, 2.45) is 0 Å². The third kappa shape index (κ3) is 2.32. The van der Waals surface area contributed by atoms with Gasteiger partial charge in [-0.1, -0.05) is 36.4 Å². The van der Waals surface area contributed by atoms with Crippen LogP contribution in [0, 0.1) is 0 Å². The Morgan fingerprint density at radius 1 is 1.00 bits per heavy atom. The molecule has 0 aliphatic rings. The van der Waals surface area contributed by atoms with Gasteiger partial charge in [0.05, 0.1) is 11.4 Å². The van der Waals surface area contributed by atoms with Gasteiger partial charge in [-0.15, -0.1) is 0 Å². The summed E-state index contributed by atoms with van der Waals surface area (Å²) in [5, 5.41) is 3.57. The van der Waals surface area contributed by atoms with Gasteiger partial charge in [0.1, 0.15) is 17.8 Å². The van der Waals surface area contributed by atoms with Gasteiger partial charge in [-0.25, -0.2) is 9.97 Å². The van der Waals surface area contributed by atoms with E-state index in [4.69, 9.17) is 0 Å². The lowest BCUT2D eigenvalue weighted by Crippen LogP contribution is -2.22. The molecule has 0 spiro atoms. The number of anilines is 1. The van der Waals surface area contributed by atoms with Crippen molar-refractivity contribution in [2.75, 3.05) is 11.9 Å². The fourth-order valence-electron chi connectivity index (χ4n) is 3.01. The van der Waals surface area contributed by atoms with E-state index < -0.39 is 0 Å². The average Bonchev–Trinajstić information content (AvgIpc) is 3.08. The largest absolute Gasteiger partial charge is 0.352 e. The van der Waals surface area contributed by atoms with Crippen LogP contribution in [0.25, 0.3) is 21.8 Å². The van der Waals surface area contributed by atoms with Gasteiger partial charge >= 0.3 is 0 Å². The Hall–Kier alpha value is -2.88. The van der Waals surface area contributed by atoms with Crippen molar-refractivity contribution in [2.45, 2.75) is 13.0 Å². The van der Waals surface area contributed by atoms with Gasteiger partial charge in [-0.2, -0.15) is 0 Å². The lowest BCUT2D eigenvalue weighted by atomic mass is 10.0. The van der Waals surface area contributed by atoms with Gasteiger partial charge < -0.3 is 9.88 Å². The normalized spacial score (nSPS) is 12.6. The minimum Gasteiger partial charge on any atom is -0.352 e. The maximum atomic E-state index is 4.48. The molecule has 114 valence electrons. The van der Waals surface area contributed by atoms with E-state index in [1.165, 1.54) is 16.3 Å². The Kier molecular flexibility index (Phi) is 3.23. The number of hydrogen-bond donors (Lipinski definition) is 1. The molecule has 4 heteroatoms. The van der Waals surface area contributed by atoms with Crippen molar-refractivity contribution in [3.05, 3.63) is 66.6 Å². The Bertz CT molecular complexity index is 973. The standard InChI is InChI=1S/C19H18N4/c1-13(15-8-7-14-5-3-4-6-16(14)11-15)23(2)19-17-9-10-20-18(17)21-12-22-19/h3-13H,1-2H3,(H,20,21,22). The van der Waals surface area contributed by atoms with Gasteiger partial charge in [0, 0.05) is 13.2 Å². The van der Waals surface area contributed by atoms with Crippen LogP contribution in [0.1, 0.15) is 18.5 Å². The van der Waals surface area contributed by atoms with Crippen molar-refractivity contribution < 1.29 is 0 Å². The molecule has 0 bridgehead atoms. The molecule has 1 N–H and O–H groups in total. The van der Waals surface area contributed by atoms with Crippen molar-refractivity contribution in [1.82, 2.24) is 15.0 Å². The van der Waals surface area contributed by atoms with Gasteiger partial charge in [0.25, 0.3) is 0 Å². The van der Waals surface area contributed by atoms with Crippen LogP contribution in [0.2, 0.25) is 0 Å². The number of aromatic nitrogens is 3. The molecule has 4 rings (SSSR count). The molecule has 1 unspecified atom stereocenters. The maximum absolute atomic E-state index is 4.48. The molecular formula is C19H18N4. The van der Waals surface area contributed by atoms with E-state index in [-0.39, 0.29) is 6.04 Å². The minimum atomic E-state index is 0.215. The molecule has 0 aliphatic heterocycles. The molecule has 4 aromatic rings. The third-order valence-corrected chi connectivity index (χ3v) is 4.50. The Morgan fingerprint density at radius 3 is 2.70 bits per heavy atom. The summed E-state index contributed by atoms with van der Waals surface area (Å²) in [5.74, 6) is 0.942. The molecule has 1 atom stereocenters. The van der Waals surface area contributed by atoms with E-state index in [1.54, 1.807) is 6.33 Å². The van der Waals surface area contributed by atoms with Crippen LogP contribution < -0.4 is 4.90 Å². The summed E-state index contributed by atoms with van der Waals surface area (Å²) in [6, 6.07) is 17.3. The zero-order valence-corrected chi connectivity index (χ0v) is 13.2.